The number of rotatable bonds is 7. The molecule has 45 heavy (non-hydrogen) atoms. The van der Waals surface area contributed by atoms with E-state index in [2.05, 4.69) is 15.3 Å². The van der Waals surface area contributed by atoms with Crippen molar-refractivity contribution in [3.8, 4) is 11.4 Å². The number of hydrogen-bond donors (Lipinski definition) is 2. The molecule has 1 fully saturated rings. The monoisotopic (exact) mass is 616 g/mol. The maximum absolute atomic E-state index is 14.3. The lowest BCUT2D eigenvalue weighted by Gasteiger charge is -2.14. The molecule has 1 unspecified atom stereocenters. The summed E-state index contributed by atoms with van der Waals surface area (Å²) >= 11 is 0. The van der Waals surface area contributed by atoms with Gasteiger partial charge in [-0.2, -0.15) is 0 Å². The van der Waals surface area contributed by atoms with Crippen LogP contribution in [-0.2, 0) is 16.1 Å². The highest BCUT2D eigenvalue weighted by Crippen LogP contribution is 2.26. The molecule has 3 heterocycles. The fourth-order valence-corrected chi connectivity index (χ4v) is 4.57. The van der Waals surface area contributed by atoms with Gasteiger partial charge in [0.25, 0.3) is 0 Å². The lowest BCUT2D eigenvalue weighted by atomic mass is 10.2. The molecule has 2 N–H and O–H groups in total. The van der Waals surface area contributed by atoms with E-state index < -0.39 is 29.9 Å². The van der Waals surface area contributed by atoms with Crippen LogP contribution >= 0.6 is 0 Å². The number of anilines is 2. The van der Waals surface area contributed by atoms with Crippen LogP contribution in [-0.4, -0.2) is 55.7 Å². The quantitative estimate of drug-likeness (QED) is 0.240. The number of ether oxygens (including phenoxy) is 2. The Hall–Kier alpha value is -5.56. The van der Waals surface area contributed by atoms with Crippen molar-refractivity contribution in [3.05, 3.63) is 120 Å². The fraction of sp³-hybridized carbons (Fsp3) is 0.188. The van der Waals surface area contributed by atoms with Gasteiger partial charge in [-0.05, 0) is 55.8 Å². The van der Waals surface area contributed by atoms with E-state index in [1.807, 2.05) is 44.2 Å². The fourth-order valence-electron chi connectivity index (χ4n) is 4.57. The molecule has 2 amide bonds. The van der Waals surface area contributed by atoms with Crippen LogP contribution in [0.4, 0.5) is 29.7 Å². The smallest absolute Gasteiger partial charge is 0.414 e. The van der Waals surface area contributed by atoms with Crippen LogP contribution in [0.1, 0.15) is 17.0 Å². The Kier molecular flexibility index (Phi) is 9.49. The first kappa shape index (κ1) is 30.9. The molecule has 1 saturated heterocycles. The number of nitrogens with zero attached hydrogens (tertiary/aromatic N) is 5. The van der Waals surface area contributed by atoms with Crippen LogP contribution in [0.5, 0.6) is 0 Å². The van der Waals surface area contributed by atoms with Crippen molar-refractivity contribution in [2.75, 3.05) is 23.4 Å². The minimum Gasteiger partial charge on any atom is -0.444 e. The molecule has 1 aliphatic rings. The van der Waals surface area contributed by atoms with Crippen LogP contribution in [0.15, 0.2) is 91.8 Å². The first-order chi connectivity index (χ1) is 21.7. The summed E-state index contributed by atoms with van der Waals surface area (Å²) in [6.07, 6.45) is 4.55. The Labute approximate surface area is 257 Å². The predicted octanol–water partition coefficient (Wildman–Crippen LogP) is 5.71. The van der Waals surface area contributed by atoms with Gasteiger partial charge in [0.2, 0.25) is 0 Å². The van der Waals surface area contributed by atoms with E-state index in [0.717, 1.165) is 17.0 Å². The molecular weight excluding hydrogens is 586 g/mol. The number of benzene rings is 3. The minimum atomic E-state index is -0.634. The summed E-state index contributed by atoms with van der Waals surface area (Å²) in [5, 5.41) is 11.5. The summed E-state index contributed by atoms with van der Waals surface area (Å²) < 4.78 is 41.8. The molecule has 2 aromatic heterocycles. The second-order valence-electron chi connectivity index (χ2n) is 10.1. The lowest BCUT2D eigenvalue weighted by molar-refractivity contribution is 0.0963. The number of aryl methyl sites for hydroxylation is 2. The largest absolute Gasteiger partial charge is 0.444 e. The van der Waals surface area contributed by atoms with Gasteiger partial charge >= 0.3 is 12.2 Å². The summed E-state index contributed by atoms with van der Waals surface area (Å²) in [5.74, 6) is -0.925. The highest BCUT2D eigenvalue weighted by atomic mass is 19.1. The van der Waals surface area contributed by atoms with Gasteiger partial charge < -0.3 is 23.7 Å². The number of imidazole rings is 2. The van der Waals surface area contributed by atoms with E-state index in [-0.39, 0.29) is 19.8 Å². The van der Waals surface area contributed by atoms with Gasteiger partial charge in [0, 0.05) is 29.5 Å². The van der Waals surface area contributed by atoms with Gasteiger partial charge in [-0.1, -0.05) is 30.3 Å². The summed E-state index contributed by atoms with van der Waals surface area (Å²) in [4.78, 5) is 32.7. The summed E-state index contributed by atoms with van der Waals surface area (Å²) in [7, 11) is 0. The van der Waals surface area contributed by atoms with Crippen LogP contribution < -0.4 is 10.2 Å². The molecular formula is C32H30F2N6O5. The van der Waals surface area contributed by atoms with Crippen molar-refractivity contribution in [3.63, 3.8) is 0 Å². The molecule has 13 heteroatoms. The highest BCUT2D eigenvalue weighted by Gasteiger charge is 2.32. The Morgan fingerprint density at radius 2 is 1.58 bits per heavy atom. The molecule has 1 aliphatic heterocycles. The lowest BCUT2D eigenvalue weighted by Crippen LogP contribution is -2.25. The number of hydrogen-bond acceptors (Lipinski definition) is 7. The molecule has 0 bridgehead atoms. The first-order valence-electron chi connectivity index (χ1n) is 13.9. The van der Waals surface area contributed by atoms with Crippen LogP contribution in [0.2, 0.25) is 0 Å². The summed E-state index contributed by atoms with van der Waals surface area (Å²) in [6.45, 7) is 3.76. The van der Waals surface area contributed by atoms with Gasteiger partial charge in [0.05, 0.1) is 42.9 Å². The third kappa shape index (κ3) is 7.33. The summed E-state index contributed by atoms with van der Waals surface area (Å²) in [6, 6.07) is 18.3. The molecule has 5 aromatic rings. The number of cyclic esters (lactones) is 1. The molecule has 0 saturated carbocycles. The Morgan fingerprint density at radius 1 is 0.956 bits per heavy atom. The Morgan fingerprint density at radius 3 is 2.11 bits per heavy atom. The average molecular weight is 617 g/mol. The van der Waals surface area contributed by atoms with E-state index in [0.29, 0.717) is 22.7 Å². The van der Waals surface area contributed by atoms with Crippen LogP contribution in [0.25, 0.3) is 11.4 Å². The second kappa shape index (κ2) is 13.8. The normalized spacial score (nSPS) is 14.0. The van der Waals surface area contributed by atoms with Gasteiger partial charge in [-0.25, -0.2) is 28.3 Å². The highest BCUT2D eigenvalue weighted by molar-refractivity contribution is 5.90. The molecule has 0 radical (unpaired) electrons. The van der Waals surface area contributed by atoms with Crippen molar-refractivity contribution in [2.24, 2.45) is 0 Å². The number of aliphatic hydroxyl groups excluding tert-OH is 1. The molecule has 6 rings (SSSR count). The Balaban J connectivity index is 0.000000179. The van der Waals surface area contributed by atoms with E-state index in [4.69, 9.17) is 14.6 Å². The predicted molar refractivity (Wildman–Crippen MR) is 161 cm³/mol. The number of carbonyl (C=O) groups is 2. The van der Waals surface area contributed by atoms with Crippen LogP contribution in [0.3, 0.4) is 0 Å². The van der Waals surface area contributed by atoms with Gasteiger partial charge in [-0.15, -0.1) is 0 Å². The first-order valence-corrected chi connectivity index (χ1v) is 13.9. The van der Waals surface area contributed by atoms with E-state index in [1.54, 1.807) is 45.8 Å². The van der Waals surface area contributed by atoms with E-state index >= 15 is 0 Å². The summed E-state index contributed by atoms with van der Waals surface area (Å²) in [5.41, 5.74) is 3.96. The van der Waals surface area contributed by atoms with Crippen molar-refractivity contribution in [2.45, 2.75) is 26.6 Å². The van der Waals surface area contributed by atoms with Crippen molar-refractivity contribution >= 4 is 23.6 Å². The number of nitrogens with one attached hydrogen (secondary N) is 1. The molecule has 3 aromatic carbocycles. The minimum absolute atomic E-state index is 0.154. The maximum atomic E-state index is 14.3. The zero-order valence-electron chi connectivity index (χ0n) is 24.4. The van der Waals surface area contributed by atoms with Crippen molar-refractivity contribution < 1.29 is 33.0 Å². The second-order valence-corrected chi connectivity index (χ2v) is 10.1. The zero-order valence-corrected chi connectivity index (χ0v) is 24.4. The van der Waals surface area contributed by atoms with Crippen molar-refractivity contribution in [1.82, 2.24) is 19.1 Å². The molecule has 0 aliphatic carbocycles. The number of aliphatic hydroxyl groups is 1. The third-order valence-corrected chi connectivity index (χ3v) is 6.89. The molecule has 232 valence electrons. The standard InChI is InChI=1S/C18H16FN3O2.C14H14FN3O3/c1-13-10-20-12-22(13)17-8-7-15(9-16(17)19)21-18(23)24-11-14-5-3-2-4-6-14;1-9-5-16-8-18(9)13-3-2-10(4-12(13)15)17-6-11(7-19)21-14(17)20/h2-10,12H,11H2,1H3,(H,21,23);2-5,8,11,19H,6-7H2,1H3. The molecule has 0 spiro atoms. The topological polar surface area (TPSA) is 124 Å². The number of amides is 2. The SMILES string of the molecule is Cc1cncn1-c1ccc(N2CC(CO)OC2=O)cc1F.Cc1cncn1-c1ccc(NC(=O)OCc2ccccc2)cc1F. The number of carbonyl (C=O) groups excluding carboxylic acids is 2. The number of halogens is 2. The maximum Gasteiger partial charge on any atom is 0.414 e. The molecule has 11 nitrogen and oxygen atoms in total. The average Bonchev–Trinajstić information content (AvgIpc) is 3.76. The van der Waals surface area contributed by atoms with E-state index in [1.165, 1.54) is 29.7 Å². The Bertz CT molecular complexity index is 1790. The number of aromatic nitrogens is 4. The van der Waals surface area contributed by atoms with Crippen LogP contribution in [0, 0.1) is 25.5 Å². The zero-order chi connectivity index (χ0) is 31.9. The van der Waals surface area contributed by atoms with Gasteiger partial charge in [0.15, 0.2) is 0 Å². The molecule has 1 atom stereocenters. The third-order valence-electron chi connectivity index (χ3n) is 6.89. The van der Waals surface area contributed by atoms with E-state index in [9.17, 15) is 18.4 Å². The van der Waals surface area contributed by atoms with Gasteiger partial charge in [0.1, 0.15) is 24.3 Å². The van der Waals surface area contributed by atoms with Gasteiger partial charge in [-0.3, -0.25) is 10.2 Å². The van der Waals surface area contributed by atoms with Crippen molar-refractivity contribution in [1.29, 1.82) is 0 Å².